The van der Waals surface area contributed by atoms with Crippen molar-refractivity contribution in [2.75, 3.05) is 0 Å². The lowest BCUT2D eigenvalue weighted by Crippen LogP contribution is -2.28. The Morgan fingerprint density at radius 3 is 2.24 bits per heavy atom. The van der Waals surface area contributed by atoms with Crippen molar-refractivity contribution in [3.05, 3.63) is 0 Å². The van der Waals surface area contributed by atoms with Crippen LogP contribution in [0.15, 0.2) is 0 Å². The van der Waals surface area contributed by atoms with Crippen LogP contribution in [0.3, 0.4) is 0 Å². The van der Waals surface area contributed by atoms with E-state index in [4.69, 9.17) is 0 Å². The zero-order valence-corrected chi connectivity index (χ0v) is 12.6. The molecule has 1 nitrogen and oxygen atoms in total. The Morgan fingerprint density at radius 1 is 1.00 bits per heavy atom. The molecule has 0 aromatic carbocycles. The Labute approximate surface area is 108 Å². The van der Waals surface area contributed by atoms with E-state index in [0.717, 1.165) is 19.3 Å². The summed E-state index contributed by atoms with van der Waals surface area (Å²) >= 11 is 0. The Kier molecular flexibility index (Phi) is 4.68. The smallest absolute Gasteiger partial charge is 0.0648 e. The van der Waals surface area contributed by atoms with E-state index in [2.05, 4.69) is 34.6 Å². The fourth-order valence-corrected chi connectivity index (χ4v) is 2.91. The average molecular weight is 240 g/mol. The highest BCUT2D eigenvalue weighted by Crippen LogP contribution is 2.40. The molecule has 0 bridgehead atoms. The van der Waals surface area contributed by atoms with Gasteiger partial charge in [0.2, 0.25) is 0 Å². The summed E-state index contributed by atoms with van der Waals surface area (Å²) in [5.74, 6) is 0. The molecule has 1 saturated carbocycles. The van der Waals surface area contributed by atoms with Gasteiger partial charge in [0.1, 0.15) is 0 Å². The molecule has 1 fully saturated rings. The summed E-state index contributed by atoms with van der Waals surface area (Å²) in [6.07, 6.45) is 9.05. The van der Waals surface area contributed by atoms with Gasteiger partial charge in [-0.3, -0.25) is 0 Å². The molecule has 0 amide bonds. The summed E-state index contributed by atoms with van der Waals surface area (Å²) in [5, 5.41) is 10.7. The lowest BCUT2D eigenvalue weighted by atomic mass is 9.82. The minimum absolute atomic E-state index is 0.362. The summed E-state index contributed by atoms with van der Waals surface area (Å²) in [5.41, 5.74) is 0.480. The minimum atomic E-state index is -0.362. The van der Waals surface area contributed by atoms with Gasteiger partial charge in [-0.25, -0.2) is 0 Å². The molecule has 17 heavy (non-hydrogen) atoms. The first-order valence-electron chi connectivity index (χ1n) is 7.34. The molecule has 1 atom stereocenters. The predicted octanol–water partition coefficient (Wildman–Crippen LogP) is 4.92. The monoisotopic (exact) mass is 240 g/mol. The molecule has 102 valence electrons. The Hall–Kier alpha value is -0.0400. The van der Waals surface area contributed by atoms with Gasteiger partial charge in [0.05, 0.1) is 5.60 Å². The van der Waals surface area contributed by atoms with Gasteiger partial charge in [0.25, 0.3) is 0 Å². The molecule has 0 radical (unpaired) electrons. The van der Waals surface area contributed by atoms with Crippen LogP contribution in [0.2, 0.25) is 0 Å². The maximum Gasteiger partial charge on any atom is 0.0648 e. The van der Waals surface area contributed by atoms with Crippen molar-refractivity contribution in [3.63, 3.8) is 0 Å². The minimum Gasteiger partial charge on any atom is -0.390 e. The van der Waals surface area contributed by atoms with E-state index < -0.39 is 0 Å². The number of rotatable bonds is 3. The average Bonchev–Trinajstić information content (AvgIpc) is 2.24. The molecule has 0 saturated heterocycles. The molecule has 1 aliphatic carbocycles. The van der Waals surface area contributed by atoms with Crippen molar-refractivity contribution >= 4 is 0 Å². The maximum absolute atomic E-state index is 10.7. The summed E-state index contributed by atoms with van der Waals surface area (Å²) in [4.78, 5) is 0. The molecule has 1 rings (SSSR count). The van der Waals surface area contributed by atoms with E-state index in [1.165, 1.54) is 32.1 Å². The van der Waals surface area contributed by atoms with Gasteiger partial charge in [-0.05, 0) is 49.4 Å². The SMILES string of the molecule is CC(C)(C)CCCC1(O)CCCC(C)(C)CC1. The molecule has 1 N–H and O–H groups in total. The molecular formula is C16H32O. The van der Waals surface area contributed by atoms with Crippen LogP contribution in [-0.2, 0) is 0 Å². The first-order valence-corrected chi connectivity index (χ1v) is 7.34. The van der Waals surface area contributed by atoms with Gasteiger partial charge in [-0.15, -0.1) is 0 Å². The van der Waals surface area contributed by atoms with Crippen molar-refractivity contribution in [1.29, 1.82) is 0 Å². The molecule has 0 spiro atoms. The van der Waals surface area contributed by atoms with Crippen LogP contribution in [0.1, 0.15) is 86.0 Å². The molecule has 1 aliphatic rings. The zero-order valence-electron chi connectivity index (χ0n) is 12.6. The molecule has 0 aromatic rings. The van der Waals surface area contributed by atoms with E-state index in [1.54, 1.807) is 0 Å². The van der Waals surface area contributed by atoms with E-state index >= 15 is 0 Å². The summed E-state index contributed by atoms with van der Waals surface area (Å²) in [6.45, 7) is 11.5. The fraction of sp³-hybridized carbons (Fsp3) is 1.00. The second-order valence-corrected chi connectivity index (χ2v) is 8.16. The molecule has 0 heterocycles. The highest BCUT2D eigenvalue weighted by molar-refractivity contribution is 4.86. The lowest BCUT2D eigenvalue weighted by molar-refractivity contribution is 0.00974. The molecule has 1 unspecified atom stereocenters. The highest BCUT2D eigenvalue weighted by Gasteiger charge is 2.33. The number of hydrogen-bond donors (Lipinski definition) is 1. The van der Waals surface area contributed by atoms with Gasteiger partial charge in [0, 0.05) is 0 Å². The molecular weight excluding hydrogens is 208 g/mol. The Bertz CT molecular complexity index is 236. The normalized spacial score (nSPS) is 30.0. The van der Waals surface area contributed by atoms with Gasteiger partial charge in [0.15, 0.2) is 0 Å². The van der Waals surface area contributed by atoms with Gasteiger partial charge in [-0.1, -0.05) is 47.5 Å². The summed E-state index contributed by atoms with van der Waals surface area (Å²) in [6, 6.07) is 0. The van der Waals surface area contributed by atoms with E-state index in [0.29, 0.717) is 10.8 Å². The topological polar surface area (TPSA) is 20.2 Å². The third-order valence-electron chi connectivity index (χ3n) is 4.33. The molecule has 1 heteroatoms. The zero-order chi connectivity index (χ0) is 13.2. The first-order chi connectivity index (χ1) is 7.62. The predicted molar refractivity (Wildman–Crippen MR) is 75.1 cm³/mol. The van der Waals surface area contributed by atoms with Crippen LogP contribution >= 0.6 is 0 Å². The first kappa shape index (κ1) is 15.0. The van der Waals surface area contributed by atoms with E-state index in [-0.39, 0.29) is 5.60 Å². The number of hydrogen-bond acceptors (Lipinski definition) is 1. The van der Waals surface area contributed by atoms with Gasteiger partial charge >= 0.3 is 0 Å². The summed E-state index contributed by atoms with van der Waals surface area (Å²) < 4.78 is 0. The Balaban J connectivity index is 2.41. The van der Waals surface area contributed by atoms with Crippen LogP contribution in [0.4, 0.5) is 0 Å². The fourth-order valence-electron chi connectivity index (χ4n) is 2.91. The third kappa shape index (κ3) is 5.90. The largest absolute Gasteiger partial charge is 0.390 e. The van der Waals surface area contributed by atoms with Crippen LogP contribution in [0.5, 0.6) is 0 Å². The maximum atomic E-state index is 10.7. The Morgan fingerprint density at radius 2 is 1.65 bits per heavy atom. The molecule has 0 aliphatic heterocycles. The van der Waals surface area contributed by atoms with Crippen molar-refractivity contribution in [2.24, 2.45) is 10.8 Å². The lowest BCUT2D eigenvalue weighted by Gasteiger charge is -2.29. The third-order valence-corrected chi connectivity index (χ3v) is 4.33. The molecule has 0 aromatic heterocycles. The standard InChI is InChI=1S/C16H32O/c1-14(2,3)8-6-10-16(17)11-7-9-15(4,5)12-13-16/h17H,6-13H2,1-5H3. The quantitative estimate of drug-likeness (QED) is 0.694. The van der Waals surface area contributed by atoms with Crippen LogP contribution in [-0.4, -0.2) is 10.7 Å². The van der Waals surface area contributed by atoms with Gasteiger partial charge in [-0.2, -0.15) is 0 Å². The van der Waals surface area contributed by atoms with Crippen LogP contribution < -0.4 is 0 Å². The van der Waals surface area contributed by atoms with Crippen molar-refractivity contribution < 1.29 is 5.11 Å². The van der Waals surface area contributed by atoms with Crippen LogP contribution in [0, 0.1) is 10.8 Å². The van der Waals surface area contributed by atoms with E-state index in [1.807, 2.05) is 0 Å². The number of aliphatic hydroxyl groups is 1. The second kappa shape index (κ2) is 5.30. The van der Waals surface area contributed by atoms with Crippen LogP contribution in [0.25, 0.3) is 0 Å². The van der Waals surface area contributed by atoms with Crippen molar-refractivity contribution in [3.8, 4) is 0 Å². The van der Waals surface area contributed by atoms with Crippen molar-refractivity contribution in [2.45, 2.75) is 91.6 Å². The summed E-state index contributed by atoms with van der Waals surface area (Å²) in [7, 11) is 0. The highest BCUT2D eigenvalue weighted by atomic mass is 16.3. The van der Waals surface area contributed by atoms with Gasteiger partial charge < -0.3 is 5.11 Å². The second-order valence-electron chi connectivity index (χ2n) is 8.16. The van der Waals surface area contributed by atoms with Crippen molar-refractivity contribution in [1.82, 2.24) is 0 Å². The van der Waals surface area contributed by atoms with E-state index in [9.17, 15) is 5.11 Å².